The van der Waals surface area contributed by atoms with Gasteiger partial charge in [0.25, 0.3) is 0 Å². The van der Waals surface area contributed by atoms with Gasteiger partial charge in [-0.05, 0) is 30.5 Å². The Morgan fingerprint density at radius 1 is 1.40 bits per heavy atom. The molecular weight excluding hydrogens is 294 g/mol. The Labute approximate surface area is 130 Å². The van der Waals surface area contributed by atoms with Crippen molar-refractivity contribution < 1.29 is 9.47 Å². The van der Waals surface area contributed by atoms with E-state index >= 15 is 0 Å². The van der Waals surface area contributed by atoms with E-state index in [2.05, 4.69) is 23.5 Å². The molecule has 1 heterocycles. The Morgan fingerprint density at radius 2 is 2.20 bits per heavy atom. The second-order valence-corrected chi connectivity index (χ2v) is 6.63. The molecule has 1 saturated heterocycles. The molecule has 0 radical (unpaired) electrons. The van der Waals surface area contributed by atoms with Crippen LogP contribution >= 0.6 is 23.4 Å². The molecule has 2 rings (SSSR count). The summed E-state index contributed by atoms with van der Waals surface area (Å²) in [5.74, 6) is 0. The van der Waals surface area contributed by atoms with Gasteiger partial charge in [0.1, 0.15) is 0 Å². The van der Waals surface area contributed by atoms with Crippen LogP contribution in [0.1, 0.15) is 18.4 Å². The molecule has 112 valence electrons. The smallest absolute Gasteiger partial charge is 0.0587 e. The molecule has 0 aliphatic carbocycles. The topological polar surface area (TPSA) is 30.5 Å². The van der Waals surface area contributed by atoms with E-state index in [-0.39, 0.29) is 0 Å². The summed E-state index contributed by atoms with van der Waals surface area (Å²) >= 11 is 8.27. The Balaban J connectivity index is 1.84. The van der Waals surface area contributed by atoms with Crippen LogP contribution in [-0.4, -0.2) is 38.7 Å². The molecule has 1 aliphatic rings. The molecule has 0 amide bonds. The summed E-state index contributed by atoms with van der Waals surface area (Å²) < 4.78 is 10.4. The van der Waals surface area contributed by atoms with Crippen LogP contribution < -0.4 is 5.32 Å². The standard InChI is InChI=1S/C15H22ClNO2S/c1-18-9-6-17-11-12-2-3-14(10-15(12)16)20-13-4-7-19-8-5-13/h2-3,10,13,17H,4-9,11H2,1H3. The summed E-state index contributed by atoms with van der Waals surface area (Å²) in [5.41, 5.74) is 1.14. The van der Waals surface area contributed by atoms with E-state index in [9.17, 15) is 0 Å². The van der Waals surface area contributed by atoms with Crippen LogP contribution in [0.3, 0.4) is 0 Å². The van der Waals surface area contributed by atoms with Gasteiger partial charge < -0.3 is 14.8 Å². The first-order valence-electron chi connectivity index (χ1n) is 7.02. The second-order valence-electron chi connectivity index (χ2n) is 4.85. The zero-order chi connectivity index (χ0) is 14.2. The lowest BCUT2D eigenvalue weighted by atomic mass is 10.2. The molecule has 0 saturated carbocycles. The highest BCUT2D eigenvalue weighted by Crippen LogP contribution is 2.32. The Bertz CT molecular complexity index is 411. The van der Waals surface area contributed by atoms with Crippen molar-refractivity contribution >= 4 is 23.4 Å². The van der Waals surface area contributed by atoms with Crippen molar-refractivity contribution in [2.24, 2.45) is 0 Å². The van der Waals surface area contributed by atoms with Gasteiger partial charge in [0, 0.05) is 48.6 Å². The zero-order valence-electron chi connectivity index (χ0n) is 11.9. The molecule has 5 heteroatoms. The van der Waals surface area contributed by atoms with E-state index in [4.69, 9.17) is 21.1 Å². The van der Waals surface area contributed by atoms with Crippen molar-refractivity contribution in [2.75, 3.05) is 33.5 Å². The van der Waals surface area contributed by atoms with Gasteiger partial charge in [-0.25, -0.2) is 0 Å². The fourth-order valence-electron chi connectivity index (χ4n) is 2.13. The number of thioether (sulfide) groups is 1. The number of hydrogen-bond donors (Lipinski definition) is 1. The zero-order valence-corrected chi connectivity index (χ0v) is 13.4. The summed E-state index contributed by atoms with van der Waals surface area (Å²) in [4.78, 5) is 1.25. The second kappa shape index (κ2) is 8.90. The van der Waals surface area contributed by atoms with Gasteiger partial charge in [0.05, 0.1) is 6.61 Å². The number of halogens is 1. The molecule has 1 aliphatic heterocycles. The first kappa shape index (κ1) is 16.1. The molecule has 1 aromatic carbocycles. The lowest BCUT2D eigenvalue weighted by Crippen LogP contribution is -2.18. The van der Waals surface area contributed by atoms with Crippen LogP contribution in [0, 0.1) is 0 Å². The van der Waals surface area contributed by atoms with Crippen molar-refractivity contribution in [3.8, 4) is 0 Å². The van der Waals surface area contributed by atoms with Gasteiger partial charge in [0.2, 0.25) is 0 Å². The van der Waals surface area contributed by atoms with Gasteiger partial charge >= 0.3 is 0 Å². The lowest BCUT2D eigenvalue weighted by molar-refractivity contribution is 0.100. The minimum atomic E-state index is 0.658. The summed E-state index contributed by atoms with van der Waals surface area (Å²) in [6.07, 6.45) is 2.26. The maximum atomic E-state index is 6.35. The van der Waals surface area contributed by atoms with E-state index in [1.165, 1.54) is 4.90 Å². The van der Waals surface area contributed by atoms with Crippen molar-refractivity contribution in [1.82, 2.24) is 5.32 Å². The normalized spacial score (nSPS) is 16.5. The molecule has 3 nitrogen and oxygen atoms in total. The summed E-state index contributed by atoms with van der Waals surface area (Å²) in [7, 11) is 1.71. The molecule has 1 fully saturated rings. The lowest BCUT2D eigenvalue weighted by Gasteiger charge is -2.21. The summed E-state index contributed by atoms with van der Waals surface area (Å²) in [6, 6.07) is 6.36. The predicted molar refractivity (Wildman–Crippen MR) is 84.7 cm³/mol. The van der Waals surface area contributed by atoms with Gasteiger partial charge in [-0.1, -0.05) is 17.7 Å². The molecule has 0 atom stereocenters. The van der Waals surface area contributed by atoms with E-state index in [1.807, 2.05) is 11.8 Å². The molecule has 20 heavy (non-hydrogen) atoms. The van der Waals surface area contributed by atoms with Gasteiger partial charge in [-0.15, -0.1) is 11.8 Å². The molecule has 1 aromatic rings. The van der Waals surface area contributed by atoms with Crippen molar-refractivity contribution in [3.05, 3.63) is 28.8 Å². The summed E-state index contributed by atoms with van der Waals surface area (Å²) in [5, 5.41) is 4.81. The monoisotopic (exact) mass is 315 g/mol. The molecule has 0 bridgehead atoms. The van der Waals surface area contributed by atoms with Gasteiger partial charge in [-0.2, -0.15) is 0 Å². The largest absolute Gasteiger partial charge is 0.383 e. The maximum Gasteiger partial charge on any atom is 0.0587 e. The van der Waals surface area contributed by atoms with E-state index < -0.39 is 0 Å². The molecule has 0 aromatic heterocycles. The number of methoxy groups -OCH3 is 1. The van der Waals surface area contributed by atoms with Crippen LogP contribution in [0.25, 0.3) is 0 Å². The van der Waals surface area contributed by atoms with Crippen LogP contribution in [0.4, 0.5) is 0 Å². The fourth-order valence-corrected chi connectivity index (χ4v) is 3.59. The average molecular weight is 316 g/mol. The molecular formula is C15H22ClNO2S. The minimum absolute atomic E-state index is 0.658. The van der Waals surface area contributed by atoms with Crippen molar-refractivity contribution in [1.29, 1.82) is 0 Å². The number of ether oxygens (including phenoxy) is 2. The van der Waals surface area contributed by atoms with Gasteiger partial charge in [-0.3, -0.25) is 0 Å². The van der Waals surface area contributed by atoms with E-state index in [0.717, 1.165) is 56.3 Å². The minimum Gasteiger partial charge on any atom is -0.383 e. The number of hydrogen-bond acceptors (Lipinski definition) is 4. The third-order valence-corrected chi connectivity index (χ3v) is 4.98. The first-order valence-corrected chi connectivity index (χ1v) is 8.28. The van der Waals surface area contributed by atoms with Crippen LogP contribution in [0.2, 0.25) is 5.02 Å². The SMILES string of the molecule is COCCNCc1ccc(SC2CCOCC2)cc1Cl. The summed E-state index contributed by atoms with van der Waals surface area (Å²) in [6.45, 7) is 4.10. The van der Waals surface area contributed by atoms with Crippen molar-refractivity contribution in [2.45, 2.75) is 29.5 Å². The highest BCUT2D eigenvalue weighted by Gasteiger charge is 2.15. The van der Waals surface area contributed by atoms with E-state index in [0.29, 0.717) is 5.25 Å². The third-order valence-electron chi connectivity index (χ3n) is 3.29. The first-order chi connectivity index (χ1) is 9.79. The Hall–Kier alpha value is -0.260. The molecule has 0 spiro atoms. The fraction of sp³-hybridized carbons (Fsp3) is 0.600. The quantitative estimate of drug-likeness (QED) is 0.782. The molecule has 0 unspecified atom stereocenters. The third kappa shape index (κ3) is 5.26. The van der Waals surface area contributed by atoms with Gasteiger partial charge in [0.15, 0.2) is 0 Å². The van der Waals surface area contributed by atoms with E-state index in [1.54, 1.807) is 7.11 Å². The average Bonchev–Trinajstić information content (AvgIpc) is 2.46. The Kier molecular flexibility index (Phi) is 7.17. The van der Waals surface area contributed by atoms with Crippen molar-refractivity contribution in [3.63, 3.8) is 0 Å². The number of benzene rings is 1. The maximum absolute atomic E-state index is 6.35. The van der Waals surface area contributed by atoms with Crippen LogP contribution in [0.5, 0.6) is 0 Å². The highest BCUT2D eigenvalue weighted by molar-refractivity contribution is 8.00. The highest BCUT2D eigenvalue weighted by atomic mass is 35.5. The Morgan fingerprint density at radius 3 is 2.90 bits per heavy atom. The molecule has 1 N–H and O–H groups in total. The predicted octanol–water partition coefficient (Wildman–Crippen LogP) is 3.35. The number of rotatable bonds is 7. The van der Waals surface area contributed by atoms with Crippen LogP contribution in [0.15, 0.2) is 23.1 Å². The number of nitrogens with one attached hydrogen (secondary N) is 1. The van der Waals surface area contributed by atoms with Crippen LogP contribution in [-0.2, 0) is 16.0 Å².